The van der Waals surface area contributed by atoms with Crippen LogP contribution >= 0.6 is 11.3 Å². The molecule has 1 N–H and O–H groups in total. The van der Waals surface area contributed by atoms with E-state index in [0.717, 1.165) is 11.0 Å². The lowest BCUT2D eigenvalue weighted by Gasteiger charge is -2.26. The molecule has 1 fully saturated rings. The highest BCUT2D eigenvalue weighted by molar-refractivity contribution is 7.13. The van der Waals surface area contributed by atoms with E-state index in [1.165, 1.54) is 54.6 Å². The van der Waals surface area contributed by atoms with Crippen molar-refractivity contribution in [3.8, 4) is 0 Å². The zero-order valence-electron chi connectivity index (χ0n) is 16.6. The Hall–Kier alpha value is -1.72. The van der Waals surface area contributed by atoms with Gasteiger partial charge in [0.2, 0.25) is 5.91 Å². The maximum absolute atomic E-state index is 12.5. The number of likely N-dealkylation sites (N-methyl/N-ethyl adjacent to an activating group) is 1. The summed E-state index contributed by atoms with van der Waals surface area (Å²) in [4.78, 5) is 18.3. The molecule has 1 unspecified atom stereocenters. The Morgan fingerprint density at radius 1 is 1.22 bits per heavy atom. The van der Waals surface area contributed by atoms with Gasteiger partial charge >= 0.3 is 0 Å². The molecule has 0 saturated heterocycles. The van der Waals surface area contributed by atoms with Crippen LogP contribution in [0.1, 0.15) is 69.0 Å². The Bertz CT molecular complexity index is 706. The van der Waals surface area contributed by atoms with Gasteiger partial charge in [-0.2, -0.15) is 0 Å². The minimum absolute atomic E-state index is 0.0365. The number of hydrogen-bond donors (Lipinski definition) is 1. The van der Waals surface area contributed by atoms with E-state index in [-0.39, 0.29) is 11.9 Å². The number of nitrogens with zero attached hydrogens (tertiary/aromatic N) is 2. The van der Waals surface area contributed by atoms with Crippen LogP contribution in [0.5, 0.6) is 0 Å². The van der Waals surface area contributed by atoms with Gasteiger partial charge in [0, 0.05) is 24.7 Å². The largest absolute Gasteiger partial charge is 0.301 e. The van der Waals surface area contributed by atoms with Gasteiger partial charge < -0.3 is 5.32 Å². The summed E-state index contributed by atoms with van der Waals surface area (Å²) >= 11 is 1.48. The number of carbonyl (C=O) groups is 1. The number of carbonyl (C=O) groups excluding carboxylic acids is 1. The van der Waals surface area contributed by atoms with Crippen LogP contribution in [0.25, 0.3) is 0 Å². The average Bonchev–Trinajstić information content (AvgIpc) is 3.23. The summed E-state index contributed by atoms with van der Waals surface area (Å²) in [5.41, 5.74) is 2.73. The second kappa shape index (κ2) is 9.47. The van der Waals surface area contributed by atoms with Crippen molar-refractivity contribution >= 4 is 22.4 Å². The van der Waals surface area contributed by atoms with Crippen LogP contribution < -0.4 is 10.2 Å². The molecule has 146 valence electrons. The van der Waals surface area contributed by atoms with Crippen LogP contribution in [-0.4, -0.2) is 24.5 Å². The van der Waals surface area contributed by atoms with Gasteiger partial charge in [0.25, 0.3) is 0 Å². The van der Waals surface area contributed by atoms with Gasteiger partial charge in [-0.15, -0.1) is 11.3 Å². The van der Waals surface area contributed by atoms with E-state index in [2.05, 4.69) is 48.4 Å². The predicted octanol–water partition coefficient (Wildman–Crippen LogP) is 5.14. The minimum atomic E-state index is 0.0365. The van der Waals surface area contributed by atoms with Crippen molar-refractivity contribution in [2.75, 3.05) is 18.5 Å². The molecule has 1 aliphatic rings. The lowest BCUT2D eigenvalue weighted by atomic mass is 9.83. The maximum Gasteiger partial charge on any atom is 0.242 e. The van der Waals surface area contributed by atoms with Gasteiger partial charge in [-0.25, -0.2) is 4.98 Å². The number of rotatable bonds is 7. The molecule has 1 heterocycles. The molecule has 1 aromatic heterocycles. The zero-order valence-corrected chi connectivity index (χ0v) is 17.5. The van der Waals surface area contributed by atoms with Crippen molar-refractivity contribution in [2.24, 2.45) is 5.92 Å². The molecule has 4 nitrogen and oxygen atoms in total. The highest BCUT2D eigenvalue weighted by atomic mass is 32.1. The molecule has 1 saturated carbocycles. The smallest absolute Gasteiger partial charge is 0.242 e. The fraction of sp³-hybridized carbons (Fsp3) is 0.545. The van der Waals surface area contributed by atoms with Crippen LogP contribution in [0, 0.1) is 5.92 Å². The van der Waals surface area contributed by atoms with Gasteiger partial charge in [0.05, 0.1) is 6.54 Å². The van der Waals surface area contributed by atoms with E-state index in [1.54, 1.807) is 18.1 Å². The monoisotopic (exact) mass is 385 g/mol. The molecule has 1 amide bonds. The molecule has 2 aromatic rings. The molecular weight excluding hydrogens is 354 g/mol. The molecule has 1 aliphatic carbocycles. The number of thiazole rings is 1. The molecule has 1 aromatic carbocycles. The van der Waals surface area contributed by atoms with E-state index in [4.69, 9.17) is 0 Å². The van der Waals surface area contributed by atoms with Gasteiger partial charge in [0.15, 0.2) is 5.13 Å². The number of aromatic nitrogens is 1. The number of anilines is 1. The quantitative estimate of drug-likeness (QED) is 0.718. The van der Waals surface area contributed by atoms with Crippen LogP contribution in [0.15, 0.2) is 35.8 Å². The van der Waals surface area contributed by atoms with E-state index in [1.807, 2.05) is 5.38 Å². The predicted molar refractivity (Wildman–Crippen MR) is 113 cm³/mol. The molecule has 1 atom stereocenters. The third-order valence-electron chi connectivity index (χ3n) is 5.59. The standard InChI is InChI=1S/C22H31N3OS/c1-16(2)21(24-15-20(26)25(3)22-23-13-14-27-22)19-11-9-18(10-12-19)17-7-5-4-6-8-17/h9-14,16-17,21,24H,4-8,15H2,1-3H3. The third-order valence-corrected chi connectivity index (χ3v) is 6.44. The molecular formula is C22H31N3OS. The maximum atomic E-state index is 12.5. The summed E-state index contributed by atoms with van der Waals surface area (Å²) in [5.74, 6) is 1.17. The Kier molecular flexibility index (Phi) is 7.02. The highest BCUT2D eigenvalue weighted by Crippen LogP contribution is 2.33. The van der Waals surface area contributed by atoms with Crippen molar-refractivity contribution in [1.29, 1.82) is 0 Å². The van der Waals surface area contributed by atoms with Gasteiger partial charge in [-0.3, -0.25) is 9.69 Å². The number of nitrogens with one attached hydrogen (secondary N) is 1. The Labute approximate surface area is 167 Å². The van der Waals surface area contributed by atoms with Crippen LogP contribution in [0.2, 0.25) is 0 Å². The normalized spacial score (nSPS) is 16.4. The number of benzene rings is 1. The first kappa shape index (κ1) is 20.0. The second-order valence-corrected chi connectivity index (χ2v) is 8.74. The van der Waals surface area contributed by atoms with Gasteiger partial charge in [0.1, 0.15) is 0 Å². The molecule has 27 heavy (non-hydrogen) atoms. The van der Waals surface area contributed by atoms with Crippen molar-refractivity contribution in [3.63, 3.8) is 0 Å². The fourth-order valence-corrected chi connectivity index (χ4v) is 4.58. The first-order chi connectivity index (χ1) is 13.1. The highest BCUT2D eigenvalue weighted by Gasteiger charge is 2.20. The van der Waals surface area contributed by atoms with Gasteiger partial charge in [-0.1, -0.05) is 57.4 Å². The summed E-state index contributed by atoms with van der Waals surface area (Å²) in [6.45, 7) is 4.70. The average molecular weight is 386 g/mol. The lowest BCUT2D eigenvalue weighted by Crippen LogP contribution is -2.38. The minimum Gasteiger partial charge on any atom is -0.301 e. The third kappa shape index (κ3) is 5.17. The molecule has 3 rings (SSSR count). The Morgan fingerprint density at radius 2 is 1.93 bits per heavy atom. The van der Waals surface area contributed by atoms with Crippen molar-refractivity contribution in [3.05, 3.63) is 47.0 Å². The number of amides is 1. The van der Waals surface area contributed by atoms with Crippen LogP contribution in [0.4, 0.5) is 5.13 Å². The van der Waals surface area contributed by atoms with Crippen molar-refractivity contribution < 1.29 is 4.79 Å². The SMILES string of the molecule is CC(C)C(NCC(=O)N(C)c1nccs1)c1ccc(C2CCCCC2)cc1. The summed E-state index contributed by atoms with van der Waals surface area (Å²) in [6, 6.07) is 9.25. The first-order valence-corrected chi connectivity index (χ1v) is 10.9. The topological polar surface area (TPSA) is 45.2 Å². The second-order valence-electron chi connectivity index (χ2n) is 7.87. The summed E-state index contributed by atoms with van der Waals surface area (Å²) in [5, 5.41) is 6.08. The van der Waals surface area contributed by atoms with Crippen molar-refractivity contribution in [2.45, 2.75) is 57.9 Å². The summed E-state index contributed by atoms with van der Waals surface area (Å²) < 4.78 is 0. The molecule has 0 bridgehead atoms. The zero-order chi connectivity index (χ0) is 19.2. The number of hydrogen-bond acceptors (Lipinski definition) is 4. The first-order valence-electron chi connectivity index (χ1n) is 10.1. The van der Waals surface area contributed by atoms with E-state index < -0.39 is 0 Å². The van der Waals surface area contributed by atoms with E-state index in [9.17, 15) is 4.79 Å². The molecule has 0 radical (unpaired) electrons. The summed E-state index contributed by atoms with van der Waals surface area (Å²) in [7, 11) is 1.78. The van der Waals surface area contributed by atoms with Gasteiger partial charge in [-0.05, 0) is 35.8 Å². The van der Waals surface area contributed by atoms with E-state index in [0.29, 0.717) is 12.5 Å². The summed E-state index contributed by atoms with van der Waals surface area (Å²) in [6.07, 6.45) is 8.47. The molecule has 0 aliphatic heterocycles. The van der Waals surface area contributed by atoms with E-state index >= 15 is 0 Å². The molecule has 0 spiro atoms. The van der Waals surface area contributed by atoms with Crippen molar-refractivity contribution in [1.82, 2.24) is 10.3 Å². The fourth-order valence-electron chi connectivity index (χ4n) is 3.95. The lowest BCUT2D eigenvalue weighted by molar-refractivity contribution is -0.117. The molecule has 5 heteroatoms. The van der Waals surface area contributed by atoms with Crippen LogP contribution in [0.3, 0.4) is 0 Å². The van der Waals surface area contributed by atoms with Crippen LogP contribution in [-0.2, 0) is 4.79 Å². The Morgan fingerprint density at radius 3 is 2.52 bits per heavy atom. The Balaban J connectivity index is 1.62.